The standard InChI is InChI=1S/C14H14N2OS/c15-14(17)12-2-1-3-13(10-12)18-9-6-11-4-7-16-8-5-11/h1-5,7-8,10H,6,9H2,(H2,15,17). The van der Waals surface area contributed by atoms with E-state index in [1.807, 2.05) is 30.3 Å². The molecule has 2 rings (SSSR count). The number of carbonyl (C=O) groups is 1. The number of carbonyl (C=O) groups excluding carboxylic acids is 1. The third kappa shape index (κ3) is 3.60. The van der Waals surface area contributed by atoms with Crippen LogP contribution in [-0.4, -0.2) is 16.6 Å². The summed E-state index contributed by atoms with van der Waals surface area (Å²) in [5.74, 6) is 0.582. The van der Waals surface area contributed by atoms with Gasteiger partial charge in [0.2, 0.25) is 5.91 Å². The van der Waals surface area contributed by atoms with Crippen LogP contribution in [0.2, 0.25) is 0 Å². The Bertz CT molecular complexity index is 528. The molecule has 0 fully saturated rings. The van der Waals surface area contributed by atoms with Crippen molar-refractivity contribution in [3.8, 4) is 0 Å². The SMILES string of the molecule is NC(=O)c1cccc(SCCc2ccncc2)c1. The number of hydrogen-bond donors (Lipinski definition) is 1. The lowest BCUT2D eigenvalue weighted by Crippen LogP contribution is -2.10. The topological polar surface area (TPSA) is 56.0 Å². The average molecular weight is 258 g/mol. The van der Waals surface area contributed by atoms with Gasteiger partial charge in [0, 0.05) is 28.6 Å². The maximum atomic E-state index is 11.1. The van der Waals surface area contributed by atoms with Gasteiger partial charge in [0.15, 0.2) is 0 Å². The lowest BCUT2D eigenvalue weighted by atomic mass is 10.2. The number of primary amides is 1. The second-order valence-corrected chi connectivity index (χ2v) is 5.01. The van der Waals surface area contributed by atoms with Crippen LogP contribution >= 0.6 is 11.8 Å². The van der Waals surface area contributed by atoms with Crippen molar-refractivity contribution in [2.24, 2.45) is 5.73 Å². The Morgan fingerprint density at radius 3 is 2.72 bits per heavy atom. The first-order chi connectivity index (χ1) is 8.75. The second kappa shape index (κ2) is 6.21. The van der Waals surface area contributed by atoms with Gasteiger partial charge in [-0.2, -0.15) is 0 Å². The van der Waals surface area contributed by atoms with Crippen LogP contribution in [0.3, 0.4) is 0 Å². The van der Waals surface area contributed by atoms with E-state index in [-0.39, 0.29) is 5.91 Å². The van der Waals surface area contributed by atoms with Crippen LogP contribution in [0, 0.1) is 0 Å². The van der Waals surface area contributed by atoms with Gasteiger partial charge < -0.3 is 5.73 Å². The number of nitrogens with zero attached hydrogens (tertiary/aromatic N) is 1. The number of thioether (sulfide) groups is 1. The quantitative estimate of drug-likeness (QED) is 0.838. The highest BCUT2D eigenvalue weighted by atomic mass is 32.2. The molecular formula is C14H14N2OS. The van der Waals surface area contributed by atoms with E-state index in [9.17, 15) is 4.79 Å². The molecule has 1 aromatic heterocycles. The minimum atomic E-state index is -0.383. The molecule has 2 aromatic rings. The number of rotatable bonds is 5. The van der Waals surface area contributed by atoms with Crippen molar-refractivity contribution >= 4 is 17.7 Å². The van der Waals surface area contributed by atoms with Gasteiger partial charge in [0.05, 0.1) is 0 Å². The van der Waals surface area contributed by atoms with E-state index in [4.69, 9.17) is 5.73 Å². The van der Waals surface area contributed by atoms with Gasteiger partial charge in [0.1, 0.15) is 0 Å². The molecule has 1 aromatic carbocycles. The van der Waals surface area contributed by atoms with E-state index < -0.39 is 0 Å². The summed E-state index contributed by atoms with van der Waals surface area (Å²) in [5, 5.41) is 0. The summed E-state index contributed by atoms with van der Waals surface area (Å²) in [5.41, 5.74) is 7.07. The summed E-state index contributed by atoms with van der Waals surface area (Å²) in [6.45, 7) is 0. The lowest BCUT2D eigenvalue weighted by Gasteiger charge is -2.03. The Morgan fingerprint density at radius 2 is 2.00 bits per heavy atom. The Labute approximate surface area is 110 Å². The Kier molecular flexibility index (Phi) is 4.36. The van der Waals surface area contributed by atoms with Gasteiger partial charge in [-0.25, -0.2) is 0 Å². The van der Waals surface area contributed by atoms with Crippen molar-refractivity contribution in [2.75, 3.05) is 5.75 Å². The molecule has 0 aliphatic rings. The van der Waals surface area contributed by atoms with Crippen LogP contribution in [0.5, 0.6) is 0 Å². The average Bonchev–Trinajstić information content (AvgIpc) is 2.40. The van der Waals surface area contributed by atoms with Gasteiger partial charge in [-0.05, 0) is 42.3 Å². The largest absolute Gasteiger partial charge is 0.366 e. The van der Waals surface area contributed by atoms with Crippen molar-refractivity contribution in [2.45, 2.75) is 11.3 Å². The van der Waals surface area contributed by atoms with E-state index >= 15 is 0 Å². The third-order valence-electron chi connectivity index (χ3n) is 2.53. The zero-order valence-corrected chi connectivity index (χ0v) is 10.7. The highest BCUT2D eigenvalue weighted by Crippen LogP contribution is 2.20. The summed E-state index contributed by atoms with van der Waals surface area (Å²) in [6.07, 6.45) is 4.58. The number of nitrogens with two attached hydrogens (primary N) is 1. The number of hydrogen-bond acceptors (Lipinski definition) is 3. The van der Waals surface area contributed by atoms with E-state index in [1.54, 1.807) is 30.2 Å². The first-order valence-electron chi connectivity index (χ1n) is 5.67. The molecule has 0 spiro atoms. The van der Waals surface area contributed by atoms with Crippen molar-refractivity contribution in [3.05, 3.63) is 59.9 Å². The fraction of sp³-hybridized carbons (Fsp3) is 0.143. The maximum Gasteiger partial charge on any atom is 0.248 e. The van der Waals surface area contributed by atoms with Gasteiger partial charge >= 0.3 is 0 Å². The van der Waals surface area contributed by atoms with Gasteiger partial charge in [-0.1, -0.05) is 6.07 Å². The summed E-state index contributed by atoms with van der Waals surface area (Å²) < 4.78 is 0. The molecule has 0 radical (unpaired) electrons. The van der Waals surface area contributed by atoms with Crippen LogP contribution in [0.25, 0.3) is 0 Å². The fourth-order valence-electron chi connectivity index (χ4n) is 1.58. The molecule has 0 bridgehead atoms. The summed E-state index contributed by atoms with van der Waals surface area (Å²) in [4.78, 5) is 16.1. The molecule has 0 atom stereocenters. The van der Waals surface area contributed by atoms with Gasteiger partial charge in [-0.3, -0.25) is 9.78 Å². The summed E-state index contributed by atoms with van der Waals surface area (Å²) in [6, 6.07) is 11.4. The van der Waals surface area contributed by atoms with E-state index in [2.05, 4.69) is 4.98 Å². The predicted octanol–water partition coefficient (Wildman–Crippen LogP) is 2.52. The zero-order valence-electron chi connectivity index (χ0n) is 9.87. The van der Waals surface area contributed by atoms with E-state index in [0.717, 1.165) is 17.1 Å². The molecule has 0 aliphatic heterocycles. The first kappa shape index (κ1) is 12.6. The normalized spacial score (nSPS) is 10.2. The Hall–Kier alpha value is -1.81. The predicted molar refractivity (Wildman–Crippen MR) is 73.6 cm³/mol. The highest BCUT2D eigenvalue weighted by molar-refractivity contribution is 7.99. The smallest absolute Gasteiger partial charge is 0.248 e. The van der Waals surface area contributed by atoms with E-state index in [0.29, 0.717) is 5.56 Å². The van der Waals surface area contributed by atoms with Gasteiger partial charge in [-0.15, -0.1) is 11.8 Å². The number of amides is 1. The molecule has 0 aliphatic carbocycles. The van der Waals surface area contributed by atoms with Crippen LogP contribution in [0.15, 0.2) is 53.7 Å². The van der Waals surface area contributed by atoms with Crippen LogP contribution in [0.4, 0.5) is 0 Å². The van der Waals surface area contributed by atoms with Crippen molar-refractivity contribution in [3.63, 3.8) is 0 Å². The van der Waals surface area contributed by atoms with Crippen LogP contribution < -0.4 is 5.73 Å². The third-order valence-corrected chi connectivity index (χ3v) is 3.52. The van der Waals surface area contributed by atoms with E-state index in [1.165, 1.54) is 5.56 Å². The molecule has 0 unspecified atom stereocenters. The molecule has 3 nitrogen and oxygen atoms in total. The summed E-state index contributed by atoms with van der Waals surface area (Å²) >= 11 is 1.72. The zero-order chi connectivity index (χ0) is 12.8. The Morgan fingerprint density at radius 1 is 1.22 bits per heavy atom. The minimum absolute atomic E-state index is 0.383. The van der Waals surface area contributed by atoms with Crippen molar-refractivity contribution in [1.82, 2.24) is 4.98 Å². The monoisotopic (exact) mass is 258 g/mol. The molecule has 92 valence electrons. The van der Waals surface area contributed by atoms with Crippen LogP contribution in [-0.2, 0) is 6.42 Å². The number of benzene rings is 1. The fourth-order valence-corrected chi connectivity index (χ4v) is 2.53. The number of aromatic nitrogens is 1. The first-order valence-corrected chi connectivity index (χ1v) is 6.66. The molecule has 18 heavy (non-hydrogen) atoms. The summed E-state index contributed by atoms with van der Waals surface area (Å²) in [7, 11) is 0. The van der Waals surface area contributed by atoms with Crippen LogP contribution in [0.1, 0.15) is 15.9 Å². The second-order valence-electron chi connectivity index (χ2n) is 3.85. The minimum Gasteiger partial charge on any atom is -0.366 e. The molecule has 2 N–H and O–H groups in total. The van der Waals surface area contributed by atoms with Crippen molar-refractivity contribution < 1.29 is 4.79 Å². The Balaban J connectivity index is 1.90. The lowest BCUT2D eigenvalue weighted by molar-refractivity contribution is 0.1000. The molecule has 1 heterocycles. The maximum absolute atomic E-state index is 11.1. The number of pyridine rings is 1. The van der Waals surface area contributed by atoms with Crippen molar-refractivity contribution in [1.29, 1.82) is 0 Å². The van der Waals surface area contributed by atoms with Gasteiger partial charge in [0.25, 0.3) is 0 Å². The molecule has 4 heteroatoms. The number of aryl methyl sites for hydroxylation is 1. The molecule has 1 amide bonds. The highest BCUT2D eigenvalue weighted by Gasteiger charge is 2.01. The molecular weight excluding hydrogens is 244 g/mol. The molecule has 0 saturated heterocycles. The molecule has 0 saturated carbocycles.